The number of phenolic OH excluding ortho intramolecular Hbond substituents is 1. The minimum Gasteiger partial charge on any atom is -0.506 e. The predicted molar refractivity (Wildman–Crippen MR) is 60.4 cm³/mol. The molecule has 1 unspecified atom stereocenters. The number of halogens is 3. The van der Waals surface area contributed by atoms with E-state index in [1.807, 2.05) is 6.92 Å². The molecule has 0 saturated carbocycles. The summed E-state index contributed by atoms with van der Waals surface area (Å²) in [6.45, 7) is 1.88. The monoisotopic (exact) mass is 253 g/mol. The van der Waals surface area contributed by atoms with E-state index in [9.17, 15) is 5.11 Å². The lowest BCUT2D eigenvalue weighted by Crippen LogP contribution is -2.09. The molecule has 1 aromatic carbocycles. The van der Waals surface area contributed by atoms with Crippen molar-refractivity contribution in [2.75, 3.05) is 0 Å². The van der Waals surface area contributed by atoms with Crippen LogP contribution >= 0.6 is 34.8 Å². The van der Waals surface area contributed by atoms with Gasteiger partial charge in [-0.3, -0.25) is 0 Å². The molecule has 0 saturated heterocycles. The van der Waals surface area contributed by atoms with Crippen molar-refractivity contribution in [1.82, 2.24) is 0 Å². The average Bonchev–Trinajstić information content (AvgIpc) is 2.15. The van der Waals surface area contributed by atoms with Crippen LogP contribution in [0.2, 0.25) is 15.1 Å². The smallest absolute Gasteiger partial charge is 0.140 e. The maximum Gasteiger partial charge on any atom is 0.140 e. The van der Waals surface area contributed by atoms with Gasteiger partial charge in [-0.1, -0.05) is 41.7 Å². The first kappa shape index (κ1) is 11.9. The largest absolute Gasteiger partial charge is 0.506 e. The quantitative estimate of drug-likeness (QED) is 0.789. The summed E-state index contributed by atoms with van der Waals surface area (Å²) in [7, 11) is 0. The molecule has 3 N–H and O–H groups in total. The van der Waals surface area contributed by atoms with Crippen LogP contribution in [0.3, 0.4) is 0 Å². The summed E-state index contributed by atoms with van der Waals surface area (Å²) < 4.78 is 0. The second-order valence-electron chi connectivity index (χ2n) is 2.93. The van der Waals surface area contributed by atoms with Crippen molar-refractivity contribution < 1.29 is 5.11 Å². The number of nitrogens with two attached hydrogens (primary N) is 1. The Balaban J connectivity index is 3.39. The highest BCUT2D eigenvalue weighted by atomic mass is 35.5. The number of rotatable bonds is 2. The molecule has 5 heteroatoms. The summed E-state index contributed by atoms with van der Waals surface area (Å²) in [5, 5.41) is 10.4. The SMILES string of the molecule is CCC(N)c1c(O)c(Cl)cc(Cl)c1Cl. The third-order valence-electron chi connectivity index (χ3n) is 1.99. The van der Waals surface area contributed by atoms with Gasteiger partial charge < -0.3 is 10.8 Å². The van der Waals surface area contributed by atoms with Crippen LogP contribution in [-0.2, 0) is 0 Å². The molecular formula is C9H10Cl3NO. The fourth-order valence-electron chi connectivity index (χ4n) is 1.15. The van der Waals surface area contributed by atoms with Crippen molar-refractivity contribution in [3.63, 3.8) is 0 Å². The van der Waals surface area contributed by atoms with Crippen molar-refractivity contribution in [3.8, 4) is 5.75 Å². The van der Waals surface area contributed by atoms with Gasteiger partial charge in [0, 0.05) is 11.6 Å². The summed E-state index contributed by atoms with van der Waals surface area (Å²) in [4.78, 5) is 0. The molecule has 0 aliphatic carbocycles. The van der Waals surface area contributed by atoms with Crippen molar-refractivity contribution >= 4 is 34.8 Å². The summed E-state index contributed by atoms with van der Waals surface area (Å²) in [6, 6.07) is 1.03. The highest BCUT2D eigenvalue weighted by molar-refractivity contribution is 6.44. The summed E-state index contributed by atoms with van der Waals surface area (Å²) >= 11 is 17.5. The van der Waals surface area contributed by atoms with E-state index >= 15 is 0 Å². The molecular weight excluding hydrogens is 244 g/mol. The Kier molecular flexibility index (Phi) is 3.90. The first-order chi connectivity index (χ1) is 6.49. The van der Waals surface area contributed by atoms with Gasteiger partial charge in [0.15, 0.2) is 0 Å². The van der Waals surface area contributed by atoms with Gasteiger partial charge in [0.2, 0.25) is 0 Å². The fourth-order valence-corrected chi connectivity index (χ4v) is 1.91. The predicted octanol–water partition coefficient (Wildman–Crippen LogP) is 3.76. The van der Waals surface area contributed by atoms with Crippen LogP contribution in [0.15, 0.2) is 6.07 Å². The van der Waals surface area contributed by atoms with E-state index in [1.165, 1.54) is 6.07 Å². The molecule has 78 valence electrons. The van der Waals surface area contributed by atoms with E-state index < -0.39 is 0 Å². The third kappa shape index (κ3) is 2.09. The number of hydrogen-bond acceptors (Lipinski definition) is 2. The average molecular weight is 255 g/mol. The van der Waals surface area contributed by atoms with Gasteiger partial charge in [0.1, 0.15) is 5.75 Å². The lowest BCUT2D eigenvalue weighted by molar-refractivity contribution is 0.460. The van der Waals surface area contributed by atoms with Crippen LogP contribution in [-0.4, -0.2) is 5.11 Å². The zero-order valence-corrected chi connectivity index (χ0v) is 9.79. The molecule has 14 heavy (non-hydrogen) atoms. The minimum atomic E-state index is -0.362. The van der Waals surface area contributed by atoms with E-state index in [-0.39, 0.29) is 21.8 Å². The first-order valence-electron chi connectivity index (χ1n) is 4.11. The molecule has 1 rings (SSSR count). The molecule has 0 aliphatic heterocycles. The molecule has 0 aromatic heterocycles. The zero-order chi connectivity index (χ0) is 10.9. The molecule has 0 amide bonds. The molecule has 0 bridgehead atoms. The highest BCUT2D eigenvalue weighted by Crippen LogP contribution is 2.41. The lowest BCUT2D eigenvalue weighted by Gasteiger charge is -2.15. The molecule has 2 nitrogen and oxygen atoms in total. The van der Waals surface area contributed by atoms with Crippen LogP contribution in [0.4, 0.5) is 0 Å². The number of benzene rings is 1. The Morgan fingerprint density at radius 1 is 1.36 bits per heavy atom. The van der Waals surface area contributed by atoms with Gasteiger partial charge in [-0.05, 0) is 12.5 Å². The Hall–Kier alpha value is -0.150. The molecule has 0 heterocycles. The molecule has 1 atom stereocenters. The molecule has 0 aliphatic rings. The van der Waals surface area contributed by atoms with Gasteiger partial charge >= 0.3 is 0 Å². The van der Waals surface area contributed by atoms with E-state index in [0.29, 0.717) is 17.0 Å². The molecule has 0 fully saturated rings. The van der Waals surface area contributed by atoms with Crippen molar-refractivity contribution in [2.24, 2.45) is 5.73 Å². The summed E-state index contributed by atoms with van der Waals surface area (Å²) in [5.74, 6) is -0.0876. The van der Waals surface area contributed by atoms with Crippen LogP contribution in [0.5, 0.6) is 5.75 Å². The second kappa shape index (κ2) is 4.58. The Morgan fingerprint density at radius 2 is 1.93 bits per heavy atom. The minimum absolute atomic E-state index is 0.0876. The van der Waals surface area contributed by atoms with Gasteiger partial charge in [0.25, 0.3) is 0 Å². The van der Waals surface area contributed by atoms with Crippen molar-refractivity contribution in [1.29, 1.82) is 0 Å². The highest BCUT2D eigenvalue weighted by Gasteiger charge is 2.18. The van der Waals surface area contributed by atoms with Gasteiger partial charge in [0.05, 0.1) is 15.1 Å². The zero-order valence-electron chi connectivity index (χ0n) is 7.52. The van der Waals surface area contributed by atoms with Gasteiger partial charge in [-0.25, -0.2) is 0 Å². The Morgan fingerprint density at radius 3 is 2.43 bits per heavy atom. The second-order valence-corrected chi connectivity index (χ2v) is 4.12. The summed E-state index contributed by atoms with van der Waals surface area (Å²) in [6.07, 6.45) is 0.643. The van der Waals surface area contributed by atoms with Crippen LogP contribution < -0.4 is 5.73 Å². The number of phenols is 1. The first-order valence-corrected chi connectivity index (χ1v) is 5.24. The number of aromatic hydroxyl groups is 1. The maximum atomic E-state index is 9.65. The molecule has 1 aromatic rings. The fraction of sp³-hybridized carbons (Fsp3) is 0.333. The van der Waals surface area contributed by atoms with Crippen LogP contribution in [0, 0.1) is 0 Å². The maximum absolute atomic E-state index is 9.65. The summed E-state index contributed by atoms with van der Waals surface area (Å²) in [5.41, 5.74) is 6.18. The van der Waals surface area contributed by atoms with Crippen LogP contribution in [0.1, 0.15) is 24.9 Å². The van der Waals surface area contributed by atoms with E-state index in [4.69, 9.17) is 40.5 Å². The van der Waals surface area contributed by atoms with Gasteiger partial charge in [-0.2, -0.15) is 0 Å². The normalized spacial score (nSPS) is 12.9. The van der Waals surface area contributed by atoms with Crippen molar-refractivity contribution in [2.45, 2.75) is 19.4 Å². The number of hydrogen-bond donors (Lipinski definition) is 2. The van der Waals surface area contributed by atoms with E-state index in [2.05, 4.69) is 0 Å². The Labute approximate surface area is 97.6 Å². The standard InChI is InChI=1S/C9H10Cl3NO/c1-2-6(13)7-8(12)4(10)3-5(11)9(7)14/h3,6,14H,2,13H2,1H3. The lowest BCUT2D eigenvalue weighted by atomic mass is 10.0. The third-order valence-corrected chi connectivity index (χ3v) is 3.08. The topological polar surface area (TPSA) is 46.2 Å². The van der Waals surface area contributed by atoms with E-state index in [0.717, 1.165) is 0 Å². The Bertz CT molecular complexity index is 328. The molecule has 0 spiro atoms. The van der Waals surface area contributed by atoms with E-state index in [1.54, 1.807) is 0 Å². The van der Waals surface area contributed by atoms with Gasteiger partial charge in [-0.15, -0.1) is 0 Å². The molecule has 0 radical (unpaired) electrons. The van der Waals surface area contributed by atoms with Crippen LogP contribution in [0.25, 0.3) is 0 Å². The van der Waals surface area contributed by atoms with Crippen molar-refractivity contribution in [3.05, 3.63) is 26.7 Å².